The summed E-state index contributed by atoms with van der Waals surface area (Å²) in [5, 5.41) is 3.04. The second-order valence-electron chi connectivity index (χ2n) is 4.53. The predicted molar refractivity (Wildman–Crippen MR) is 77.6 cm³/mol. The van der Waals surface area contributed by atoms with Gasteiger partial charge in [0.25, 0.3) is 5.91 Å². The van der Waals surface area contributed by atoms with Gasteiger partial charge < -0.3 is 9.73 Å². The zero-order valence-electron chi connectivity index (χ0n) is 11.4. The number of hydrogen-bond acceptors (Lipinski definition) is 3. The molecule has 0 aliphatic rings. The van der Waals surface area contributed by atoms with Crippen molar-refractivity contribution in [1.82, 2.24) is 0 Å². The highest BCUT2D eigenvalue weighted by Crippen LogP contribution is 2.22. The summed E-state index contributed by atoms with van der Waals surface area (Å²) in [6, 6.07) is 6.46. The van der Waals surface area contributed by atoms with Crippen LogP contribution >= 0.6 is 11.6 Å². The number of ketones is 1. The monoisotopic (exact) mass is 291 g/mol. The maximum atomic E-state index is 12.1. The van der Waals surface area contributed by atoms with Crippen LogP contribution < -0.4 is 5.32 Å². The number of rotatable bonds is 3. The molecule has 0 radical (unpaired) electrons. The summed E-state index contributed by atoms with van der Waals surface area (Å²) in [7, 11) is 0. The van der Waals surface area contributed by atoms with E-state index in [4.69, 9.17) is 16.0 Å². The average molecular weight is 292 g/mol. The molecule has 2 aromatic rings. The van der Waals surface area contributed by atoms with Crippen LogP contribution in [0.15, 0.2) is 28.7 Å². The topological polar surface area (TPSA) is 59.3 Å². The van der Waals surface area contributed by atoms with E-state index >= 15 is 0 Å². The number of carbonyl (C=O) groups excluding carboxylic acids is 2. The minimum absolute atomic E-state index is 0.116. The summed E-state index contributed by atoms with van der Waals surface area (Å²) in [6.07, 6.45) is 0. The number of carbonyl (C=O) groups is 2. The Morgan fingerprint density at radius 1 is 1.15 bits per heavy atom. The molecule has 4 nitrogen and oxygen atoms in total. The van der Waals surface area contributed by atoms with Crippen molar-refractivity contribution in [3.8, 4) is 0 Å². The molecule has 104 valence electrons. The first-order valence-corrected chi connectivity index (χ1v) is 6.45. The maximum absolute atomic E-state index is 12.1. The fourth-order valence-corrected chi connectivity index (χ4v) is 2.25. The standard InChI is InChI=1S/C15H14ClNO3/c1-8-6-13(10(3)20-8)15(19)17-11-4-5-12(9(2)18)14(16)7-11/h4-7H,1-3H3,(H,17,19). The first-order valence-electron chi connectivity index (χ1n) is 6.07. The third-order valence-electron chi connectivity index (χ3n) is 2.89. The van der Waals surface area contributed by atoms with Gasteiger partial charge in [-0.3, -0.25) is 9.59 Å². The van der Waals surface area contributed by atoms with Gasteiger partial charge in [-0.15, -0.1) is 0 Å². The lowest BCUT2D eigenvalue weighted by Gasteiger charge is -2.06. The van der Waals surface area contributed by atoms with Gasteiger partial charge in [0.1, 0.15) is 11.5 Å². The number of furan rings is 1. The van der Waals surface area contributed by atoms with Crippen molar-refractivity contribution in [3.05, 3.63) is 51.9 Å². The van der Waals surface area contributed by atoms with E-state index in [1.165, 1.54) is 6.92 Å². The number of aryl methyl sites for hydroxylation is 2. The van der Waals surface area contributed by atoms with Crippen LogP contribution in [-0.4, -0.2) is 11.7 Å². The first kappa shape index (κ1) is 14.3. The smallest absolute Gasteiger partial charge is 0.259 e. The third-order valence-corrected chi connectivity index (χ3v) is 3.20. The van der Waals surface area contributed by atoms with E-state index in [1.807, 2.05) is 0 Å². The van der Waals surface area contributed by atoms with E-state index in [1.54, 1.807) is 38.1 Å². The van der Waals surface area contributed by atoms with Gasteiger partial charge in [-0.25, -0.2) is 0 Å². The van der Waals surface area contributed by atoms with Crippen molar-refractivity contribution in [1.29, 1.82) is 0 Å². The lowest BCUT2D eigenvalue weighted by molar-refractivity contribution is 0.101. The van der Waals surface area contributed by atoms with Crippen molar-refractivity contribution in [3.63, 3.8) is 0 Å². The van der Waals surface area contributed by atoms with Crippen molar-refractivity contribution in [2.45, 2.75) is 20.8 Å². The summed E-state index contributed by atoms with van der Waals surface area (Å²) < 4.78 is 5.32. The molecule has 0 atom stereocenters. The fraction of sp³-hybridized carbons (Fsp3) is 0.200. The van der Waals surface area contributed by atoms with Gasteiger partial charge in [0.15, 0.2) is 5.78 Å². The third kappa shape index (κ3) is 2.91. The number of Topliss-reactive ketones (excluding diaryl/α,β-unsaturated/α-hetero) is 1. The number of anilines is 1. The number of halogens is 1. The van der Waals surface area contributed by atoms with Crippen LogP contribution in [-0.2, 0) is 0 Å². The van der Waals surface area contributed by atoms with Crippen molar-refractivity contribution in [2.24, 2.45) is 0 Å². The highest BCUT2D eigenvalue weighted by Gasteiger charge is 2.14. The van der Waals surface area contributed by atoms with Crippen molar-refractivity contribution >= 4 is 29.0 Å². The molecule has 1 aromatic heterocycles. The minimum atomic E-state index is -0.272. The highest BCUT2D eigenvalue weighted by molar-refractivity contribution is 6.34. The SMILES string of the molecule is CC(=O)c1ccc(NC(=O)c2cc(C)oc2C)cc1Cl. The van der Waals surface area contributed by atoms with Crippen LogP contribution in [0.2, 0.25) is 5.02 Å². The molecule has 0 aliphatic carbocycles. The molecule has 1 heterocycles. The molecule has 2 rings (SSSR count). The average Bonchev–Trinajstić information content (AvgIpc) is 2.68. The first-order chi connectivity index (χ1) is 9.38. The van der Waals surface area contributed by atoms with Gasteiger partial charge in [-0.1, -0.05) is 11.6 Å². The van der Waals surface area contributed by atoms with Crippen LogP contribution in [0.5, 0.6) is 0 Å². The van der Waals surface area contributed by atoms with Crippen LogP contribution in [0.25, 0.3) is 0 Å². The Labute approximate surface area is 121 Å². The largest absolute Gasteiger partial charge is 0.466 e. The summed E-state index contributed by atoms with van der Waals surface area (Å²) in [6.45, 7) is 4.95. The number of benzene rings is 1. The van der Waals surface area contributed by atoms with E-state index in [-0.39, 0.29) is 11.7 Å². The molecule has 1 aromatic carbocycles. The lowest BCUT2D eigenvalue weighted by atomic mass is 10.1. The maximum Gasteiger partial charge on any atom is 0.259 e. The van der Waals surface area contributed by atoms with Gasteiger partial charge in [-0.2, -0.15) is 0 Å². The van der Waals surface area contributed by atoms with Gasteiger partial charge >= 0.3 is 0 Å². The minimum Gasteiger partial charge on any atom is -0.466 e. The van der Waals surface area contributed by atoms with E-state index in [2.05, 4.69) is 5.32 Å². The summed E-state index contributed by atoms with van der Waals surface area (Å²) in [4.78, 5) is 23.4. The predicted octanol–water partition coefficient (Wildman–Crippen LogP) is 4.00. The Morgan fingerprint density at radius 2 is 1.85 bits per heavy atom. The second kappa shape index (κ2) is 5.51. The summed E-state index contributed by atoms with van der Waals surface area (Å²) in [5.41, 5.74) is 1.44. The number of hydrogen-bond donors (Lipinski definition) is 1. The normalized spacial score (nSPS) is 10.4. The summed E-state index contributed by atoms with van der Waals surface area (Å²) >= 11 is 6.00. The van der Waals surface area contributed by atoms with Crippen LogP contribution in [0.4, 0.5) is 5.69 Å². The Balaban J connectivity index is 2.22. The molecule has 20 heavy (non-hydrogen) atoms. The fourth-order valence-electron chi connectivity index (χ4n) is 1.93. The molecule has 0 unspecified atom stereocenters. The number of amides is 1. The molecule has 1 N–H and O–H groups in total. The van der Waals surface area contributed by atoms with Crippen LogP contribution in [0, 0.1) is 13.8 Å². The molecule has 0 saturated carbocycles. The Kier molecular flexibility index (Phi) is 3.95. The second-order valence-corrected chi connectivity index (χ2v) is 4.94. The van der Waals surface area contributed by atoms with Gasteiger partial charge in [-0.05, 0) is 45.0 Å². The number of nitrogens with one attached hydrogen (secondary N) is 1. The van der Waals surface area contributed by atoms with Gasteiger partial charge in [0.2, 0.25) is 0 Å². The molecule has 1 amide bonds. The van der Waals surface area contributed by atoms with Crippen molar-refractivity contribution < 1.29 is 14.0 Å². The Bertz CT molecular complexity index is 688. The highest BCUT2D eigenvalue weighted by atomic mass is 35.5. The van der Waals surface area contributed by atoms with E-state index in [0.29, 0.717) is 33.4 Å². The molecular formula is C15H14ClNO3. The molecule has 0 fully saturated rings. The Hall–Kier alpha value is -2.07. The summed E-state index contributed by atoms with van der Waals surface area (Å²) in [5.74, 6) is 0.851. The van der Waals surface area contributed by atoms with E-state index in [9.17, 15) is 9.59 Å². The lowest BCUT2D eigenvalue weighted by Crippen LogP contribution is -2.12. The quantitative estimate of drug-likeness (QED) is 0.869. The van der Waals surface area contributed by atoms with Crippen molar-refractivity contribution in [2.75, 3.05) is 5.32 Å². The molecule has 0 bridgehead atoms. The Morgan fingerprint density at radius 3 is 2.35 bits per heavy atom. The van der Waals surface area contributed by atoms with Crippen LogP contribution in [0.1, 0.15) is 39.2 Å². The molecular weight excluding hydrogens is 278 g/mol. The molecule has 0 aliphatic heterocycles. The van der Waals surface area contributed by atoms with E-state index in [0.717, 1.165) is 0 Å². The molecule has 0 saturated heterocycles. The zero-order chi connectivity index (χ0) is 14.9. The van der Waals surface area contributed by atoms with Crippen LogP contribution in [0.3, 0.4) is 0 Å². The van der Waals surface area contributed by atoms with E-state index < -0.39 is 0 Å². The molecule has 5 heteroatoms. The zero-order valence-corrected chi connectivity index (χ0v) is 12.2. The molecule has 0 spiro atoms. The van der Waals surface area contributed by atoms with Gasteiger partial charge in [0, 0.05) is 11.3 Å². The van der Waals surface area contributed by atoms with Gasteiger partial charge in [0.05, 0.1) is 10.6 Å².